The molecule has 20 unspecified atom stereocenters. The van der Waals surface area contributed by atoms with E-state index in [1.165, 1.54) is 14.2 Å². The van der Waals surface area contributed by atoms with E-state index in [0.717, 1.165) is 7.11 Å². The number of ether oxygens (including phenoxy) is 12. The fourth-order valence-corrected chi connectivity index (χ4v) is 6.04. The summed E-state index contributed by atoms with van der Waals surface area (Å²) in [5, 5.41) is 96.0. The van der Waals surface area contributed by atoms with Crippen molar-refractivity contribution in [1.82, 2.24) is 0 Å². The number of carbonyl (C=O) groups is 2. The van der Waals surface area contributed by atoms with Crippen molar-refractivity contribution in [2.75, 3.05) is 34.5 Å². The van der Waals surface area contributed by atoms with Crippen LogP contribution in [0.1, 0.15) is 0 Å². The molecule has 0 aliphatic carbocycles. The van der Waals surface area contributed by atoms with Crippen LogP contribution in [-0.2, 0) is 66.4 Å². The zero-order valence-corrected chi connectivity index (χ0v) is 26.9. The third-order valence-corrected chi connectivity index (χ3v) is 8.65. The molecule has 0 radical (unpaired) electrons. The smallest absolute Gasteiger partial charge is 0.295 e. The number of aliphatic hydroxyl groups excluding tert-OH is 9. The minimum Gasteiger partial charge on any atom is -0.435 e. The van der Waals surface area contributed by atoms with E-state index >= 15 is 0 Å². The standard InChI is InChI=1S/C27H44O23/c1-39-17-12(34)22(42-6-30)49-25(13(17)35)46-18-10(32)8(4-28)44-24(15(18)37)47-19-14(36)23(43-7-31)50-26(16(19)38)48-20-11(33)9(5-29)45-27(41-3)21(20)40-2/h6-29,32-38H,4-5H2,1-3H3. The van der Waals surface area contributed by atoms with Gasteiger partial charge in [-0.25, -0.2) is 0 Å². The van der Waals surface area contributed by atoms with Crippen molar-refractivity contribution < 1.29 is 112 Å². The van der Waals surface area contributed by atoms with Crippen molar-refractivity contribution in [2.24, 2.45) is 0 Å². The van der Waals surface area contributed by atoms with Gasteiger partial charge in [0.1, 0.15) is 85.5 Å². The second kappa shape index (κ2) is 18.3. The van der Waals surface area contributed by atoms with Gasteiger partial charge in [-0.05, 0) is 0 Å². The molecule has 50 heavy (non-hydrogen) atoms. The summed E-state index contributed by atoms with van der Waals surface area (Å²) in [7, 11) is 3.59. The van der Waals surface area contributed by atoms with Gasteiger partial charge in [0, 0.05) is 21.3 Å². The Hall–Kier alpha value is -1.82. The first kappa shape index (κ1) is 40.9. The van der Waals surface area contributed by atoms with E-state index < -0.39 is 136 Å². The van der Waals surface area contributed by atoms with Gasteiger partial charge in [0.15, 0.2) is 25.2 Å². The van der Waals surface area contributed by atoms with Crippen LogP contribution in [-0.4, -0.2) is 217 Å². The summed E-state index contributed by atoms with van der Waals surface area (Å²) in [4.78, 5) is 22.2. The lowest BCUT2D eigenvalue weighted by atomic mass is 9.97. The van der Waals surface area contributed by atoms with Gasteiger partial charge >= 0.3 is 0 Å². The molecule has 4 saturated heterocycles. The molecule has 0 bridgehead atoms. The van der Waals surface area contributed by atoms with Gasteiger partial charge < -0.3 is 103 Å². The molecule has 9 N–H and O–H groups in total. The molecule has 0 aromatic carbocycles. The Bertz CT molecular complexity index is 1060. The van der Waals surface area contributed by atoms with E-state index in [4.69, 9.17) is 52.1 Å². The molecule has 4 aliphatic rings. The number of carbonyl (C=O) groups excluding carboxylic acids is 2. The van der Waals surface area contributed by atoms with Crippen LogP contribution in [0.25, 0.3) is 0 Å². The summed E-state index contributed by atoms with van der Waals surface area (Å²) in [6.07, 6.45) is -34.3. The summed E-state index contributed by atoms with van der Waals surface area (Å²) in [6.45, 7) is -1.75. The van der Waals surface area contributed by atoms with E-state index in [0.29, 0.717) is 0 Å². The minimum absolute atomic E-state index is 0.0543. The van der Waals surface area contributed by atoms with E-state index in [1.807, 2.05) is 0 Å². The molecule has 0 aromatic rings. The zero-order chi connectivity index (χ0) is 36.9. The van der Waals surface area contributed by atoms with E-state index in [1.54, 1.807) is 0 Å². The molecule has 0 amide bonds. The number of aliphatic hydroxyl groups is 9. The van der Waals surface area contributed by atoms with Gasteiger partial charge in [-0.1, -0.05) is 0 Å². The van der Waals surface area contributed by atoms with Crippen molar-refractivity contribution in [3.63, 3.8) is 0 Å². The summed E-state index contributed by atoms with van der Waals surface area (Å²) in [6, 6.07) is 0. The number of hydrogen-bond acceptors (Lipinski definition) is 23. The average molecular weight is 737 g/mol. The minimum atomic E-state index is -2.07. The van der Waals surface area contributed by atoms with E-state index in [-0.39, 0.29) is 12.9 Å². The Labute approximate surface area is 283 Å². The normalized spacial score (nSPS) is 48.5. The van der Waals surface area contributed by atoms with Gasteiger partial charge in [-0.15, -0.1) is 0 Å². The van der Waals surface area contributed by atoms with Crippen molar-refractivity contribution in [1.29, 1.82) is 0 Å². The highest BCUT2D eigenvalue weighted by molar-refractivity contribution is 5.37. The second-order valence-electron chi connectivity index (χ2n) is 11.5. The third-order valence-electron chi connectivity index (χ3n) is 8.65. The predicted octanol–water partition coefficient (Wildman–Crippen LogP) is -7.51. The average Bonchev–Trinajstić information content (AvgIpc) is 3.10. The number of hydrogen-bond donors (Lipinski definition) is 9. The first-order valence-electron chi connectivity index (χ1n) is 15.2. The quantitative estimate of drug-likeness (QED) is 0.0705. The van der Waals surface area contributed by atoms with Crippen molar-refractivity contribution in [3.8, 4) is 0 Å². The molecular formula is C27H44O23. The molecule has 23 nitrogen and oxygen atoms in total. The molecule has 4 rings (SSSR count). The largest absolute Gasteiger partial charge is 0.435 e. The second-order valence-corrected chi connectivity index (χ2v) is 11.5. The summed E-state index contributed by atoms with van der Waals surface area (Å²) < 4.78 is 64.0. The topological polar surface area (TPSA) is 327 Å². The van der Waals surface area contributed by atoms with Crippen molar-refractivity contribution in [2.45, 2.75) is 123 Å². The van der Waals surface area contributed by atoms with Crippen LogP contribution in [0.2, 0.25) is 0 Å². The molecule has 290 valence electrons. The summed E-state index contributed by atoms with van der Waals surface area (Å²) in [5.41, 5.74) is 0. The van der Waals surface area contributed by atoms with Crippen molar-refractivity contribution in [3.05, 3.63) is 0 Å². The lowest BCUT2D eigenvalue weighted by Crippen LogP contribution is -2.67. The van der Waals surface area contributed by atoms with Gasteiger partial charge in [0.2, 0.25) is 12.6 Å². The van der Waals surface area contributed by atoms with Crippen LogP contribution in [0.15, 0.2) is 0 Å². The molecule has 4 heterocycles. The molecule has 0 saturated carbocycles. The van der Waals surface area contributed by atoms with E-state index in [2.05, 4.69) is 4.74 Å². The molecule has 0 aromatic heterocycles. The maximum absolute atomic E-state index is 11.3. The Morgan fingerprint density at radius 3 is 1.24 bits per heavy atom. The van der Waals surface area contributed by atoms with Gasteiger partial charge in [-0.3, -0.25) is 9.59 Å². The van der Waals surface area contributed by atoms with Crippen LogP contribution in [0.3, 0.4) is 0 Å². The lowest BCUT2D eigenvalue weighted by Gasteiger charge is -2.49. The number of methoxy groups -OCH3 is 3. The fourth-order valence-electron chi connectivity index (χ4n) is 6.04. The molecule has 20 atom stereocenters. The van der Waals surface area contributed by atoms with Gasteiger partial charge in [0.25, 0.3) is 12.9 Å². The Kier molecular flexibility index (Phi) is 15.0. The van der Waals surface area contributed by atoms with Gasteiger partial charge in [-0.2, -0.15) is 0 Å². The highest BCUT2D eigenvalue weighted by Crippen LogP contribution is 2.35. The maximum atomic E-state index is 11.3. The first-order valence-corrected chi connectivity index (χ1v) is 15.2. The zero-order valence-electron chi connectivity index (χ0n) is 26.9. The summed E-state index contributed by atoms with van der Waals surface area (Å²) >= 11 is 0. The Balaban J connectivity index is 1.57. The molecule has 4 fully saturated rings. The lowest BCUT2D eigenvalue weighted by molar-refractivity contribution is -0.406. The van der Waals surface area contributed by atoms with Crippen molar-refractivity contribution >= 4 is 12.9 Å². The van der Waals surface area contributed by atoms with Crippen LogP contribution < -0.4 is 0 Å². The van der Waals surface area contributed by atoms with Crippen LogP contribution in [0.5, 0.6) is 0 Å². The molecule has 0 spiro atoms. The maximum Gasteiger partial charge on any atom is 0.295 e. The Morgan fingerprint density at radius 2 is 0.800 bits per heavy atom. The number of rotatable bonds is 15. The fraction of sp³-hybridized carbons (Fsp3) is 0.926. The molecular weight excluding hydrogens is 692 g/mol. The van der Waals surface area contributed by atoms with E-state index in [9.17, 15) is 55.5 Å². The first-order chi connectivity index (χ1) is 23.9. The highest BCUT2D eigenvalue weighted by atomic mass is 16.8. The van der Waals surface area contributed by atoms with Gasteiger partial charge in [0.05, 0.1) is 13.2 Å². The van der Waals surface area contributed by atoms with Crippen LogP contribution in [0, 0.1) is 0 Å². The van der Waals surface area contributed by atoms with Crippen LogP contribution >= 0.6 is 0 Å². The highest BCUT2D eigenvalue weighted by Gasteiger charge is 2.56. The summed E-state index contributed by atoms with van der Waals surface area (Å²) in [5.74, 6) is 0. The third kappa shape index (κ3) is 8.36. The molecule has 23 heteroatoms. The molecule has 4 aliphatic heterocycles. The SMILES string of the molecule is COC1OC(CO)C(O)C(OC2OC(OC=O)C(O)C(OC3OC(CO)C(O)C(OC4OC(OC=O)C(O)C(OC)C4O)C3O)C2O)C1OC. The Morgan fingerprint density at radius 1 is 0.440 bits per heavy atom. The van der Waals surface area contributed by atoms with Crippen LogP contribution in [0.4, 0.5) is 0 Å². The predicted molar refractivity (Wildman–Crippen MR) is 148 cm³/mol. The monoisotopic (exact) mass is 736 g/mol.